The molecule has 0 radical (unpaired) electrons. The molecule has 0 amide bonds. The molecule has 1 atom stereocenters. The third kappa shape index (κ3) is 2.89. The number of esters is 1. The molecule has 7 heteroatoms. The highest BCUT2D eigenvalue weighted by atomic mass is 16.5. The van der Waals surface area contributed by atoms with Gasteiger partial charge in [0.2, 0.25) is 0 Å². The summed E-state index contributed by atoms with van der Waals surface area (Å²) in [5, 5.41) is 0.286. The summed E-state index contributed by atoms with van der Waals surface area (Å²) in [6.45, 7) is 0.346. The number of nitrogens with zero attached hydrogens (tertiary/aromatic N) is 3. The van der Waals surface area contributed by atoms with Crippen LogP contribution in [0, 0.1) is 5.92 Å². The van der Waals surface area contributed by atoms with Gasteiger partial charge in [-0.1, -0.05) is 12.2 Å². The Morgan fingerprint density at radius 3 is 2.75 bits per heavy atom. The van der Waals surface area contributed by atoms with Crippen LogP contribution in [0.25, 0.3) is 11.0 Å². The van der Waals surface area contributed by atoms with Crippen LogP contribution in [0.3, 0.4) is 0 Å². The van der Waals surface area contributed by atoms with E-state index in [4.69, 9.17) is 4.74 Å². The van der Waals surface area contributed by atoms with E-state index in [1.165, 1.54) is 30.8 Å². The van der Waals surface area contributed by atoms with Crippen molar-refractivity contribution in [3.8, 4) is 0 Å². The van der Waals surface area contributed by atoms with Crippen LogP contribution < -0.4 is 11.2 Å². The number of rotatable bonds is 3. The second-order valence-electron chi connectivity index (χ2n) is 6.02. The number of carbonyl (C=O) groups is 1. The maximum atomic E-state index is 12.2. The molecule has 7 nitrogen and oxygen atoms in total. The summed E-state index contributed by atoms with van der Waals surface area (Å²) < 4.78 is 7.60. The predicted molar refractivity (Wildman–Crippen MR) is 89.0 cm³/mol. The number of pyridine rings is 1. The van der Waals surface area contributed by atoms with Gasteiger partial charge < -0.3 is 4.74 Å². The van der Waals surface area contributed by atoms with Crippen LogP contribution in [-0.4, -0.2) is 26.7 Å². The minimum Gasteiger partial charge on any atom is -0.461 e. The molecule has 1 aliphatic rings. The molecule has 1 aliphatic carbocycles. The molecule has 0 spiro atoms. The second-order valence-corrected chi connectivity index (χ2v) is 6.02. The molecule has 2 aromatic heterocycles. The van der Waals surface area contributed by atoms with Crippen molar-refractivity contribution in [2.75, 3.05) is 6.61 Å². The third-order valence-electron chi connectivity index (χ3n) is 4.34. The maximum Gasteiger partial charge on any atom is 0.357 e. The second kappa shape index (κ2) is 6.43. The van der Waals surface area contributed by atoms with Crippen LogP contribution in [0.4, 0.5) is 0 Å². The number of allylic oxidation sites excluding steroid dienone is 2. The summed E-state index contributed by atoms with van der Waals surface area (Å²) in [4.78, 5) is 40.4. The van der Waals surface area contributed by atoms with Crippen molar-refractivity contribution in [3.63, 3.8) is 0 Å². The van der Waals surface area contributed by atoms with Crippen LogP contribution >= 0.6 is 0 Å². The van der Waals surface area contributed by atoms with Crippen molar-refractivity contribution in [2.45, 2.75) is 19.3 Å². The first kappa shape index (κ1) is 16.2. The highest BCUT2D eigenvalue weighted by Crippen LogP contribution is 2.18. The monoisotopic (exact) mass is 329 g/mol. The molecule has 24 heavy (non-hydrogen) atoms. The normalized spacial score (nSPS) is 17.2. The van der Waals surface area contributed by atoms with Gasteiger partial charge in [0.25, 0.3) is 5.56 Å². The molecule has 0 bridgehead atoms. The highest BCUT2D eigenvalue weighted by molar-refractivity contribution is 5.90. The van der Waals surface area contributed by atoms with E-state index in [0.29, 0.717) is 12.5 Å². The molecule has 0 saturated heterocycles. The average molecular weight is 329 g/mol. The summed E-state index contributed by atoms with van der Waals surface area (Å²) in [6, 6.07) is 2.96. The zero-order valence-corrected chi connectivity index (χ0v) is 13.7. The fourth-order valence-electron chi connectivity index (χ4n) is 2.84. The minimum absolute atomic E-state index is 0.0945. The summed E-state index contributed by atoms with van der Waals surface area (Å²) in [5.41, 5.74) is -0.649. The molecular weight excluding hydrogens is 310 g/mol. The molecule has 3 rings (SSSR count). The lowest BCUT2D eigenvalue weighted by molar-refractivity contribution is 0.0426. The first-order chi connectivity index (χ1) is 11.5. The van der Waals surface area contributed by atoms with E-state index in [1.807, 2.05) is 0 Å². The molecule has 0 fully saturated rings. The molecule has 2 heterocycles. The first-order valence-electron chi connectivity index (χ1n) is 7.88. The van der Waals surface area contributed by atoms with Crippen molar-refractivity contribution >= 4 is 17.0 Å². The van der Waals surface area contributed by atoms with Crippen LogP contribution in [0.1, 0.15) is 29.8 Å². The van der Waals surface area contributed by atoms with Crippen molar-refractivity contribution < 1.29 is 9.53 Å². The molecule has 126 valence electrons. The minimum atomic E-state index is -0.542. The smallest absolute Gasteiger partial charge is 0.357 e. The molecular formula is C17H19N3O4. The van der Waals surface area contributed by atoms with E-state index >= 15 is 0 Å². The third-order valence-corrected chi connectivity index (χ3v) is 4.34. The van der Waals surface area contributed by atoms with Crippen molar-refractivity contribution in [1.29, 1.82) is 0 Å². The Morgan fingerprint density at radius 2 is 2.04 bits per heavy atom. The van der Waals surface area contributed by atoms with E-state index in [9.17, 15) is 14.4 Å². The van der Waals surface area contributed by atoms with Gasteiger partial charge in [-0.15, -0.1) is 0 Å². The van der Waals surface area contributed by atoms with Gasteiger partial charge in [-0.25, -0.2) is 14.6 Å². The van der Waals surface area contributed by atoms with Gasteiger partial charge in [-0.2, -0.15) is 0 Å². The number of hydrogen-bond donors (Lipinski definition) is 0. The molecule has 0 N–H and O–H groups in total. The fraction of sp³-hybridized carbons (Fsp3) is 0.412. The van der Waals surface area contributed by atoms with Gasteiger partial charge in [0.1, 0.15) is 5.65 Å². The summed E-state index contributed by atoms with van der Waals surface area (Å²) in [5.74, 6) is -0.212. The quantitative estimate of drug-likeness (QED) is 0.623. The van der Waals surface area contributed by atoms with Crippen LogP contribution in [0.5, 0.6) is 0 Å². The number of hydrogen-bond acceptors (Lipinski definition) is 5. The van der Waals surface area contributed by atoms with Gasteiger partial charge in [0.15, 0.2) is 5.69 Å². The first-order valence-corrected chi connectivity index (χ1v) is 7.88. The SMILES string of the molecule is Cn1c(=O)c2ccc(C(=O)OCC3CC=CCC3)nc2n(C)c1=O. The number of aryl methyl sites for hydroxylation is 1. The summed E-state index contributed by atoms with van der Waals surface area (Å²) in [7, 11) is 2.92. The van der Waals surface area contributed by atoms with E-state index in [0.717, 1.165) is 23.8 Å². The Morgan fingerprint density at radius 1 is 1.25 bits per heavy atom. The fourth-order valence-corrected chi connectivity index (χ4v) is 2.84. The van der Waals surface area contributed by atoms with E-state index < -0.39 is 17.2 Å². The molecule has 2 aromatic rings. The zero-order chi connectivity index (χ0) is 17.3. The topological polar surface area (TPSA) is 83.2 Å². The van der Waals surface area contributed by atoms with Crippen molar-refractivity contribution in [3.05, 3.63) is 50.8 Å². The van der Waals surface area contributed by atoms with E-state index in [2.05, 4.69) is 17.1 Å². The predicted octanol–water partition coefficient (Wildman–Crippen LogP) is 1.15. The number of carbonyl (C=O) groups excluding carboxylic acids is 1. The Balaban J connectivity index is 1.87. The Hall–Kier alpha value is -2.70. The van der Waals surface area contributed by atoms with Gasteiger partial charge in [0.05, 0.1) is 12.0 Å². The van der Waals surface area contributed by atoms with Crippen molar-refractivity contribution in [2.24, 2.45) is 20.0 Å². The Bertz CT molecular complexity index is 939. The van der Waals surface area contributed by atoms with Gasteiger partial charge in [-0.3, -0.25) is 13.9 Å². The van der Waals surface area contributed by atoms with Gasteiger partial charge in [-0.05, 0) is 37.3 Å². The highest BCUT2D eigenvalue weighted by Gasteiger charge is 2.17. The van der Waals surface area contributed by atoms with Crippen molar-refractivity contribution in [1.82, 2.24) is 14.1 Å². The molecule has 0 aromatic carbocycles. The lowest BCUT2D eigenvalue weighted by Crippen LogP contribution is -2.37. The van der Waals surface area contributed by atoms with Gasteiger partial charge in [0, 0.05) is 14.1 Å². The molecule has 0 aliphatic heterocycles. The maximum absolute atomic E-state index is 12.2. The van der Waals surface area contributed by atoms with Crippen LogP contribution in [0.2, 0.25) is 0 Å². The lowest BCUT2D eigenvalue weighted by Gasteiger charge is -2.17. The lowest BCUT2D eigenvalue weighted by atomic mass is 9.95. The standard InChI is InChI=1S/C17H19N3O4/c1-19-14-12(15(21)20(2)17(19)23)8-9-13(18-14)16(22)24-10-11-6-4-3-5-7-11/h3-4,8-9,11H,5-7,10H2,1-2H3. The summed E-state index contributed by atoms with van der Waals surface area (Å²) >= 11 is 0. The van der Waals surface area contributed by atoms with E-state index in [-0.39, 0.29) is 16.7 Å². The zero-order valence-electron chi connectivity index (χ0n) is 13.7. The van der Waals surface area contributed by atoms with E-state index in [1.54, 1.807) is 0 Å². The Labute approximate surface area is 138 Å². The molecule has 1 unspecified atom stereocenters. The van der Waals surface area contributed by atoms with Crippen LogP contribution in [0.15, 0.2) is 33.9 Å². The average Bonchev–Trinajstić information content (AvgIpc) is 2.63. The molecule has 0 saturated carbocycles. The number of ether oxygens (including phenoxy) is 1. The Kier molecular flexibility index (Phi) is 4.33. The van der Waals surface area contributed by atoms with Gasteiger partial charge >= 0.3 is 11.7 Å². The largest absolute Gasteiger partial charge is 0.461 e. The van der Waals surface area contributed by atoms with Crippen LogP contribution in [-0.2, 0) is 18.8 Å². The summed E-state index contributed by atoms with van der Waals surface area (Å²) in [6.07, 6.45) is 7.14. The number of fused-ring (bicyclic) bond motifs is 1. The number of aromatic nitrogens is 3.